The van der Waals surface area contributed by atoms with Crippen LogP contribution in [0.15, 0.2) is 24.4 Å². The lowest BCUT2D eigenvalue weighted by Crippen LogP contribution is -2.37. The molecule has 0 saturated carbocycles. The molecule has 1 saturated heterocycles. The number of aromatic nitrogens is 3. The van der Waals surface area contributed by atoms with Gasteiger partial charge >= 0.3 is 0 Å². The molecular weight excluding hydrogens is 316 g/mol. The quantitative estimate of drug-likeness (QED) is 0.867. The Balaban J connectivity index is 1.86. The highest BCUT2D eigenvalue weighted by atomic mass is 16.2. The number of likely N-dealkylation sites (tertiary alicyclic amines) is 1. The van der Waals surface area contributed by atoms with Crippen LogP contribution in [0, 0.1) is 13.8 Å². The van der Waals surface area contributed by atoms with Gasteiger partial charge in [-0.15, -0.1) is 0 Å². The number of anilines is 2. The topological polar surface area (TPSA) is 83.0 Å². The Hall–Kier alpha value is -2.54. The molecule has 2 aromatic rings. The van der Waals surface area contributed by atoms with Gasteiger partial charge in [0.25, 0.3) is 0 Å². The molecular formula is C18H24N6O. The van der Waals surface area contributed by atoms with E-state index >= 15 is 0 Å². The zero-order valence-corrected chi connectivity index (χ0v) is 14.9. The molecule has 7 heteroatoms. The standard InChI is InChI=1S/C18H24N6O/c1-12-6-4-8-20-18(12)23-16-10-14(21-13(2)22-16)15-7-5-9-24(15)17(25)11-19-3/h4,6,8,10,15,19H,5,7,9,11H2,1-3H3,(H,20,21,22,23)/t15-/m1/s1. The largest absolute Gasteiger partial charge is 0.333 e. The second-order valence-electron chi connectivity index (χ2n) is 6.29. The summed E-state index contributed by atoms with van der Waals surface area (Å²) in [5.41, 5.74) is 1.93. The number of likely N-dealkylation sites (N-methyl/N-ethyl adjacent to an activating group) is 1. The fourth-order valence-electron chi connectivity index (χ4n) is 3.19. The van der Waals surface area contributed by atoms with Crippen LogP contribution in [0.25, 0.3) is 0 Å². The summed E-state index contributed by atoms with van der Waals surface area (Å²) in [6.07, 6.45) is 3.67. The third kappa shape index (κ3) is 3.93. The average molecular weight is 340 g/mol. The number of pyridine rings is 1. The first kappa shape index (κ1) is 17.3. The van der Waals surface area contributed by atoms with Crippen LogP contribution in [0.3, 0.4) is 0 Å². The Kier molecular flexibility index (Phi) is 5.23. The molecule has 2 aromatic heterocycles. The lowest BCUT2D eigenvalue weighted by molar-refractivity contribution is -0.131. The molecule has 1 aliphatic heterocycles. The summed E-state index contributed by atoms with van der Waals surface area (Å²) < 4.78 is 0. The van der Waals surface area contributed by atoms with E-state index in [-0.39, 0.29) is 11.9 Å². The van der Waals surface area contributed by atoms with Gasteiger partial charge in [0.15, 0.2) is 0 Å². The number of hydrogen-bond acceptors (Lipinski definition) is 6. The maximum Gasteiger partial charge on any atom is 0.237 e. The first-order valence-electron chi connectivity index (χ1n) is 8.57. The molecule has 132 valence electrons. The van der Waals surface area contributed by atoms with Crippen LogP contribution in [0.5, 0.6) is 0 Å². The van der Waals surface area contributed by atoms with E-state index in [2.05, 4.69) is 25.6 Å². The SMILES string of the molecule is CNCC(=O)N1CCC[C@@H]1c1cc(Nc2ncccc2C)nc(C)n1. The molecule has 1 aliphatic rings. The van der Waals surface area contributed by atoms with E-state index in [9.17, 15) is 4.79 Å². The molecule has 0 radical (unpaired) electrons. The molecule has 0 spiro atoms. The second-order valence-corrected chi connectivity index (χ2v) is 6.29. The average Bonchev–Trinajstić information content (AvgIpc) is 3.06. The lowest BCUT2D eigenvalue weighted by atomic mass is 10.1. The third-order valence-corrected chi connectivity index (χ3v) is 4.36. The van der Waals surface area contributed by atoms with E-state index in [1.54, 1.807) is 13.2 Å². The molecule has 3 rings (SSSR count). The van der Waals surface area contributed by atoms with Crippen LogP contribution in [-0.4, -0.2) is 45.9 Å². The van der Waals surface area contributed by atoms with Gasteiger partial charge in [0, 0.05) is 18.8 Å². The molecule has 0 aromatic carbocycles. The normalized spacial score (nSPS) is 16.9. The van der Waals surface area contributed by atoms with E-state index < -0.39 is 0 Å². The molecule has 0 bridgehead atoms. The van der Waals surface area contributed by atoms with Gasteiger partial charge in [-0.2, -0.15) is 0 Å². The highest BCUT2D eigenvalue weighted by molar-refractivity contribution is 5.79. The highest BCUT2D eigenvalue weighted by Gasteiger charge is 2.31. The molecule has 7 nitrogen and oxygen atoms in total. The summed E-state index contributed by atoms with van der Waals surface area (Å²) in [6, 6.07) is 5.84. The van der Waals surface area contributed by atoms with E-state index in [0.29, 0.717) is 18.2 Å². The van der Waals surface area contributed by atoms with Crippen molar-refractivity contribution < 1.29 is 4.79 Å². The number of carbonyl (C=O) groups is 1. The Morgan fingerprint density at radius 2 is 2.20 bits per heavy atom. The van der Waals surface area contributed by atoms with Gasteiger partial charge in [0.05, 0.1) is 18.3 Å². The smallest absolute Gasteiger partial charge is 0.237 e. The maximum absolute atomic E-state index is 12.3. The number of nitrogens with one attached hydrogen (secondary N) is 2. The van der Waals surface area contributed by atoms with Gasteiger partial charge in [0.1, 0.15) is 17.5 Å². The third-order valence-electron chi connectivity index (χ3n) is 4.36. The van der Waals surface area contributed by atoms with Crippen LogP contribution in [0.1, 0.15) is 36.0 Å². The van der Waals surface area contributed by atoms with E-state index in [0.717, 1.165) is 36.5 Å². The van der Waals surface area contributed by atoms with Crippen molar-refractivity contribution in [3.05, 3.63) is 41.5 Å². The molecule has 1 amide bonds. The Morgan fingerprint density at radius 3 is 2.96 bits per heavy atom. The Labute approximate surface area is 147 Å². The number of aryl methyl sites for hydroxylation is 2. The summed E-state index contributed by atoms with van der Waals surface area (Å²) in [7, 11) is 1.79. The summed E-state index contributed by atoms with van der Waals surface area (Å²) in [5, 5.41) is 6.20. The van der Waals surface area contributed by atoms with Crippen molar-refractivity contribution in [3.8, 4) is 0 Å². The first-order chi connectivity index (χ1) is 12.1. The van der Waals surface area contributed by atoms with Gasteiger partial charge in [0.2, 0.25) is 5.91 Å². The number of rotatable bonds is 5. The van der Waals surface area contributed by atoms with Crippen LogP contribution in [0.4, 0.5) is 11.6 Å². The number of hydrogen-bond donors (Lipinski definition) is 2. The minimum absolute atomic E-state index is 0.00734. The minimum Gasteiger partial charge on any atom is -0.333 e. The van der Waals surface area contributed by atoms with Crippen LogP contribution in [-0.2, 0) is 4.79 Å². The predicted molar refractivity (Wildman–Crippen MR) is 96.6 cm³/mol. The van der Waals surface area contributed by atoms with Gasteiger partial charge in [-0.05, 0) is 45.4 Å². The Bertz CT molecular complexity index is 763. The van der Waals surface area contributed by atoms with Crippen molar-refractivity contribution in [2.75, 3.05) is 25.5 Å². The summed E-state index contributed by atoms with van der Waals surface area (Å²) in [6.45, 7) is 4.99. The molecule has 0 aliphatic carbocycles. The number of nitrogens with zero attached hydrogens (tertiary/aromatic N) is 4. The van der Waals surface area contributed by atoms with E-state index in [4.69, 9.17) is 0 Å². The summed E-state index contributed by atoms with van der Waals surface area (Å²) in [5.74, 6) is 2.27. The van der Waals surface area contributed by atoms with Crippen LogP contribution in [0.2, 0.25) is 0 Å². The van der Waals surface area contributed by atoms with E-state index in [1.807, 2.05) is 36.9 Å². The minimum atomic E-state index is 0.00734. The van der Waals surface area contributed by atoms with E-state index in [1.165, 1.54) is 0 Å². The van der Waals surface area contributed by atoms with Crippen molar-refractivity contribution in [1.82, 2.24) is 25.2 Å². The number of amides is 1. The fraction of sp³-hybridized carbons (Fsp3) is 0.444. The van der Waals surface area contributed by atoms with Crippen molar-refractivity contribution >= 4 is 17.5 Å². The summed E-state index contributed by atoms with van der Waals surface area (Å²) in [4.78, 5) is 27.7. The van der Waals surface area contributed by atoms with Crippen molar-refractivity contribution in [1.29, 1.82) is 0 Å². The number of carbonyl (C=O) groups excluding carboxylic acids is 1. The predicted octanol–water partition coefficient (Wildman–Crippen LogP) is 2.11. The van der Waals surface area contributed by atoms with Crippen molar-refractivity contribution in [2.24, 2.45) is 0 Å². The highest BCUT2D eigenvalue weighted by Crippen LogP contribution is 2.32. The molecule has 25 heavy (non-hydrogen) atoms. The molecule has 1 fully saturated rings. The second kappa shape index (κ2) is 7.57. The van der Waals surface area contributed by atoms with Crippen molar-refractivity contribution in [3.63, 3.8) is 0 Å². The van der Waals surface area contributed by atoms with Crippen LogP contribution >= 0.6 is 0 Å². The maximum atomic E-state index is 12.3. The van der Waals surface area contributed by atoms with Gasteiger partial charge < -0.3 is 15.5 Å². The first-order valence-corrected chi connectivity index (χ1v) is 8.57. The van der Waals surface area contributed by atoms with Gasteiger partial charge in [-0.25, -0.2) is 15.0 Å². The summed E-state index contributed by atoms with van der Waals surface area (Å²) >= 11 is 0. The lowest BCUT2D eigenvalue weighted by Gasteiger charge is -2.24. The molecule has 1 atom stereocenters. The van der Waals surface area contributed by atoms with Crippen LogP contribution < -0.4 is 10.6 Å². The van der Waals surface area contributed by atoms with Crippen molar-refractivity contribution in [2.45, 2.75) is 32.7 Å². The Morgan fingerprint density at radius 1 is 1.36 bits per heavy atom. The van der Waals surface area contributed by atoms with Gasteiger partial charge in [-0.3, -0.25) is 4.79 Å². The molecule has 3 heterocycles. The molecule has 2 N–H and O–H groups in total. The molecule has 0 unspecified atom stereocenters. The zero-order chi connectivity index (χ0) is 17.8. The zero-order valence-electron chi connectivity index (χ0n) is 14.9. The van der Waals surface area contributed by atoms with Gasteiger partial charge in [-0.1, -0.05) is 6.07 Å². The fourth-order valence-corrected chi connectivity index (χ4v) is 3.19. The monoisotopic (exact) mass is 340 g/mol.